The first-order valence-corrected chi connectivity index (χ1v) is 10.8. The van der Waals surface area contributed by atoms with Gasteiger partial charge in [0, 0.05) is 5.69 Å². The topological polar surface area (TPSA) is 66.5 Å². The highest BCUT2D eigenvalue weighted by atomic mass is 32.2. The van der Waals surface area contributed by atoms with E-state index in [1.54, 1.807) is 17.5 Å². The Labute approximate surface area is 167 Å². The molecule has 0 atom stereocenters. The molecule has 0 unspecified atom stereocenters. The Morgan fingerprint density at radius 1 is 1.11 bits per heavy atom. The van der Waals surface area contributed by atoms with Crippen molar-refractivity contribution in [1.29, 1.82) is 0 Å². The molecule has 1 N–H and O–H groups in total. The summed E-state index contributed by atoms with van der Waals surface area (Å²) in [6.45, 7) is 3.38. The number of carbonyl (C=O) groups excluding carboxylic acids is 1. The second-order valence-corrected chi connectivity index (χ2v) is 9.32. The number of rotatable bonds is 6. The van der Waals surface area contributed by atoms with Gasteiger partial charge in [-0.2, -0.15) is 0 Å². The van der Waals surface area contributed by atoms with Crippen molar-refractivity contribution in [3.05, 3.63) is 76.9 Å². The predicted molar refractivity (Wildman–Crippen MR) is 110 cm³/mol. The minimum atomic E-state index is -3.96. The number of sulfonamides is 1. The maximum absolute atomic E-state index is 13.3. The van der Waals surface area contributed by atoms with Crippen LogP contribution in [0.2, 0.25) is 0 Å². The van der Waals surface area contributed by atoms with Crippen LogP contribution in [-0.2, 0) is 14.8 Å². The molecule has 0 bridgehead atoms. The molecule has 1 amide bonds. The van der Waals surface area contributed by atoms with Crippen LogP contribution in [0.25, 0.3) is 0 Å². The van der Waals surface area contributed by atoms with Crippen LogP contribution >= 0.6 is 11.3 Å². The minimum absolute atomic E-state index is 0.108. The van der Waals surface area contributed by atoms with Crippen LogP contribution in [0.1, 0.15) is 11.1 Å². The Morgan fingerprint density at radius 3 is 2.43 bits per heavy atom. The number of amides is 1. The number of nitrogens with zero attached hydrogens (tertiary/aromatic N) is 1. The molecule has 0 radical (unpaired) electrons. The Morgan fingerprint density at radius 2 is 1.82 bits per heavy atom. The van der Waals surface area contributed by atoms with E-state index in [2.05, 4.69) is 5.32 Å². The summed E-state index contributed by atoms with van der Waals surface area (Å²) in [5.74, 6) is -0.978. The van der Waals surface area contributed by atoms with Gasteiger partial charge in [-0.25, -0.2) is 12.8 Å². The number of nitrogens with one attached hydrogen (secondary N) is 1. The minimum Gasteiger partial charge on any atom is -0.324 e. The van der Waals surface area contributed by atoms with Crippen LogP contribution in [0.3, 0.4) is 0 Å². The molecule has 146 valence electrons. The summed E-state index contributed by atoms with van der Waals surface area (Å²) < 4.78 is 40.5. The number of benzene rings is 2. The zero-order valence-electron chi connectivity index (χ0n) is 15.3. The lowest BCUT2D eigenvalue weighted by Gasteiger charge is -2.23. The SMILES string of the molecule is Cc1ccc(NC(=O)CN(c2ccc(F)cc2)S(=O)(=O)c2cccs2)c(C)c1. The molecule has 0 aliphatic heterocycles. The van der Waals surface area contributed by atoms with Gasteiger partial charge in [0.1, 0.15) is 16.6 Å². The largest absolute Gasteiger partial charge is 0.324 e. The molecule has 0 spiro atoms. The summed E-state index contributed by atoms with van der Waals surface area (Å²) in [7, 11) is -3.96. The molecule has 5 nitrogen and oxygen atoms in total. The van der Waals surface area contributed by atoms with Crippen molar-refractivity contribution >= 4 is 38.6 Å². The van der Waals surface area contributed by atoms with Gasteiger partial charge in [-0.05, 0) is 61.2 Å². The molecule has 0 aliphatic carbocycles. The lowest BCUT2D eigenvalue weighted by atomic mass is 10.1. The molecule has 3 aromatic rings. The lowest BCUT2D eigenvalue weighted by molar-refractivity contribution is -0.114. The van der Waals surface area contributed by atoms with Gasteiger partial charge >= 0.3 is 0 Å². The summed E-state index contributed by atoms with van der Waals surface area (Å²) in [6, 6.07) is 13.7. The Balaban J connectivity index is 1.91. The van der Waals surface area contributed by atoms with E-state index >= 15 is 0 Å². The molecule has 0 fully saturated rings. The van der Waals surface area contributed by atoms with Gasteiger partial charge in [0.2, 0.25) is 5.91 Å². The molecule has 28 heavy (non-hydrogen) atoms. The second kappa shape index (κ2) is 8.12. The molecule has 2 aromatic carbocycles. The van der Waals surface area contributed by atoms with Crippen molar-refractivity contribution in [2.75, 3.05) is 16.2 Å². The van der Waals surface area contributed by atoms with Gasteiger partial charge in [0.05, 0.1) is 5.69 Å². The van der Waals surface area contributed by atoms with Gasteiger partial charge in [0.15, 0.2) is 0 Å². The first kappa shape index (κ1) is 20.0. The fraction of sp³-hybridized carbons (Fsp3) is 0.150. The van der Waals surface area contributed by atoms with Crippen molar-refractivity contribution in [3.8, 4) is 0 Å². The maximum atomic E-state index is 13.3. The molecule has 0 aliphatic rings. The monoisotopic (exact) mass is 418 g/mol. The quantitative estimate of drug-likeness (QED) is 0.648. The van der Waals surface area contributed by atoms with Crippen molar-refractivity contribution < 1.29 is 17.6 Å². The Bertz CT molecular complexity index is 1080. The van der Waals surface area contributed by atoms with Crippen LogP contribution in [-0.4, -0.2) is 20.9 Å². The van der Waals surface area contributed by atoms with Gasteiger partial charge < -0.3 is 5.32 Å². The summed E-state index contributed by atoms with van der Waals surface area (Å²) >= 11 is 1.06. The smallest absolute Gasteiger partial charge is 0.274 e. The zero-order chi connectivity index (χ0) is 20.3. The fourth-order valence-electron chi connectivity index (χ4n) is 2.72. The van der Waals surface area contributed by atoms with E-state index < -0.39 is 28.3 Å². The van der Waals surface area contributed by atoms with Gasteiger partial charge in [0.25, 0.3) is 10.0 Å². The molecule has 0 saturated heterocycles. The van der Waals surface area contributed by atoms with Gasteiger partial charge in [-0.3, -0.25) is 9.10 Å². The van der Waals surface area contributed by atoms with E-state index in [0.29, 0.717) is 5.69 Å². The standard InChI is InChI=1S/C20H19FN2O3S2/c1-14-5-10-18(15(2)12-14)22-19(24)13-23(17-8-6-16(21)7-9-17)28(25,26)20-4-3-11-27-20/h3-12H,13H2,1-2H3,(H,22,24). The third-order valence-corrected chi connectivity index (χ3v) is 7.24. The maximum Gasteiger partial charge on any atom is 0.274 e. The third-order valence-electron chi connectivity index (χ3n) is 4.10. The Hall–Kier alpha value is -2.71. The highest BCUT2D eigenvalue weighted by Crippen LogP contribution is 2.27. The third kappa shape index (κ3) is 4.40. The first-order valence-electron chi connectivity index (χ1n) is 8.46. The van der Waals surface area contributed by atoms with Crippen molar-refractivity contribution in [2.45, 2.75) is 18.1 Å². The molecular formula is C20H19FN2O3S2. The van der Waals surface area contributed by atoms with Crippen LogP contribution in [0.15, 0.2) is 64.2 Å². The number of aryl methyl sites for hydroxylation is 2. The number of anilines is 2. The summed E-state index contributed by atoms with van der Waals surface area (Å²) in [4.78, 5) is 12.6. The molecule has 1 heterocycles. The van der Waals surface area contributed by atoms with Crippen LogP contribution in [0.4, 0.5) is 15.8 Å². The van der Waals surface area contributed by atoms with Crippen LogP contribution in [0, 0.1) is 19.7 Å². The average Bonchev–Trinajstić information content (AvgIpc) is 3.18. The highest BCUT2D eigenvalue weighted by molar-refractivity contribution is 7.94. The average molecular weight is 419 g/mol. The van der Waals surface area contributed by atoms with E-state index in [9.17, 15) is 17.6 Å². The summed E-state index contributed by atoms with van der Waals surface area (Å²) in [5, 5.41) is 4.40. The molecule has 1 aromatic heterocycles. The molecular weight excluding hydrogens is 399 g/mol. The van der Waals surface area contributed by atoms with E-state index in [1.165, 1.54) is 18.2 Å². The number of hydrogen-bond acceptors (Lipinski definition) is 4. The number of hydrogen-bond donors (Lipinski definition) is 1. The normalized spacial score (nSPS) is 11.2. The zero-order valence-corrected chi connectivity index (χ0v) is 17.0. The number of thiophene rings is 1. The van der Waals surface area contributed by atoms with E-state index in [-0.39, 0.29) is 9.90 Å². The van der Waals surface area contributed by atoms with Crippen LogP contribution in [0.5, 0.6) is 0 Å². The van der Waals surface area contributed by atoms with E-state index in [0.717, 1.165) is 38.9 Å². The highest BCUT2D eigenvalue weighted by Gasteiger charge is 2.28. The molecule has 3 rings (SSSR count). The predicted octanol–water partition coefficient (Wildman–Crippen LogP) is 4.34. The fourth-order valence-corrected chi connectivity index (χ4v) is 5.24. The van der Waals surface area contributed by atoms with Gasteiger partial charge in [-0.1, -0.05) is 23.8 Å². The molecule has 0 saturated carbocycles. The molecule has 8 heteroatoms. The lowest BCUT2D eigenvalue weighted by Crippen LogP contribution is -2.38. The van der Waals surface area contributed by atoms with E-state index in [1.807, 2.05) is 26.0 Å². The summed E-state index contributed by atoms with van der Waals surface area (Å²) in [6.07, 6.45) is 0. The Kier molecular flexibility index (Phi) is 5.81. The van der Waals surface area contributed by atoms with Crippen molar-refractivity contribution in [1.82, 2.24) is 0 Å². The van der Waals surface area contributed by atoms with E-state index in [4.69, 9.17) is 0 Å². The van der Waals surface area contributed by atoms with Gasteiger partial charge in [-0.15, -0.1) is 11.3 Å². The summed E-state index contributed by atoms with van der Waals surface area (Å²) in [5.41, 5.74) is 2.76. The first-order chi connectivity index (χ1) is 13.3. The second-order valence-electron chi connectivity index (χ2n) is 6.29. The van der Waals surface area contributed by atoms with Crippen LogP contribution < -0.4 is 9.62 Å². The number of carbonyl (C=O) groups is 1. The van der Waals surface area contributed by atoms with Crippen molar-refractivity contribution in [2.24, 2.45) is 0 Å². The van der Waals surface area contributed by atoms with Crippen molar-refractivity contribution in [3.63, 3.8) is 0 Å². The number of halogens is 1.